The van der Waals surface area contributed by atoms with Crippen LogP contribution in [0.3, 0.4) is 0 Å². The van der Waals surface area contributed by atoms with Crippen LogP contribution in [0.1, 0.15) is 12.8 Å². The molecule has 0 spiro atoms. The number of amides is 1. The zero-order valence-electron chi connectivity index (χ0n) is 13.4. The molecule has 24 heavy (non-hydrogen) atoms. The van der Waals surface area contributed by atoms with Crippen LogP contribution < -0.4 is 10.6 Å². The first kappa shape index (κ1) is 16.4. The fraction of sp³-hybridized carbons (Fsp3) is 0.643. The van der Waals surface area contributed by atoms with Crippen molar-refractivity contribution >= 4 is 23.4 Å². The summed E-state index contributed by atoms with van der Waals surface area (Å²) in [6.45, 7) is 4.94. The lowest BCUT2D eigenvalue weighted by Gasteiger charge is -2.34. The van der Waals surface area contributed by atoms with Crippen LogP contribution in [0.15, 0.2) is 6.20 Å². The van der Waals surface area contributed by atoms with E-state index < -0.39 is 4.92 Å². The van der Waals surface area contributed by atoms with Gasteiger partial charge in [0.15, 0.2) is 0 Å². The largest absolute Gasteiger partial charge is 0.378 e. The summed E-state index contributed by atoms with van der Waals surface area (Å²) in [7, 11) is 0. The Hall–Kier alpha value is -2.49. The molecule has 0 aromatic carbocycles. The van der Waals surface area contributed by atoms with Crippen molar-refractivity contribution in [3.8, 4) is 0 Å². The van der Waals surface area contributed by atoms with E-state index in [2.05, 4.69) is 14.9 Å². The molecule has 10 nitrogen and oxygen atoms in total. The van der Waals surface area contributed by atoms with Crippen molar-refractivity contribution in [2.24, 2.45) is 0 Å². The fourth-order valence-corrected chi connectivity index (χ4v) is 3.04. The lowest BCUT2D eigenvalue weighted by molar-refractivity contribution is -0.384. The smallest absolute Gasteiger partial charge is 0.329 e. The van der Waals surface area contributed by atoms with E-state index in [1.807, 2.05) is 9.80 Å². The van der Waals surface area contributed by atoms with Gasteiger partial charge in [0.1, 0.15) is 6.20 Å². The van der Waals surface area contributed by atoms with E-state index in [-0.39, 0.29) is 17.4 Å². The summed E-state index contributed by atoms with van der Waals surface area (Å²) in [4.78, 5) is 36.4. The molecule has 0 aliphatic carbocycles. The minimum Gasteiger partial charge on any atom is -0.378 e. The number of rotatable bonds is 4. The van der Waals surface area contributed by atoms with Crippen LogP contribution in [0.2, 0.25) is 0 Å². The van der Waals surface area contributed by atoms with Gasteiger partial charge in [0.05, 0.1) is 11.5 Å². The van der Waals surface area contributed by atoms with E-state index in [1.165, 1.54) is 0 Å². The highest BCUT2D eigenvalue weighted by Gasteiger charge is 2.25. The first-order chi connectivity index (χ1) is 11.5. The minimum atomic E-state index is -0.596. The number of hydrogen-bond donors (Lipinski definition) is 1. The number of nitrogens with two attached hydrogens (primary N) is 1. The summed E-state index contributed by atoms with van der Waals surface area (Å²) in [6, 6.07) is 0. The maximum atomic E-state index is 12.2. The maximum absolute atomic E-state index is 12.2. The lowest BCUT2D eigenvalue weighted by Crippen LogP contribution is -2.50. The standard InChI is InChI=1S/C14H21N7O3/c15-13-11(21(23)24)9-16-14(17-13)20-7-5-18(6-8-20)10-12(22)19-3-1-2-4-19/h9H,1-8,10H2,(H2,15,16,17). The van der Waals surface area contributed by atoms with E-state index in [4.69, 9.17) is 5.73 Å². The first-order valence-corrected chi connectivity index (χ1v) is 8.06. The molecule has 0 radical (unpaired) electrons. The molecule has 3 rings (SSSR count). The van der Waals surface area contributed by atoms with Crippen LogP contribution in [-0.2, 0) is 4.79 Å². The third kappa shape index (κ3) is 3.53. The number of piperazine rings is 1. The second-order valence-corrected chi connectivity index (χ2v) is 6.05. The molecule has 130 valence electrons. The summed E-state index contributed by atoms with van der Waals surface area (Å²) >= 11 is 0. The number of aromatic nitrogens is 2. The van der Waals surface area contributed by atoms with Gasteiger partial charge in [-0.1, -0.05) is 0 Å². The number of nitrogen functional groups attached to an aromatic ring is 1. The second-order valence-electron chi connectivity index (χ2n) is 6.05. The van der Waals surface area contributed by atoms with Gasteiger partial charge in [0.25, 0.3) is 0 Å². The number of anilines is 2. The Morgan fingerprint density at radius 2 is 1.88 bits per heavy atom. The van der Waals surface area contributed by atoms with Gasteiger partial charge in [-0.05, 0) is 12.8 Å². The van der Waals surface area contributed by atoms with E-state index in [0.717, 1.165) is 45.2 Å². The predicted molar refractivity (Wildman–Crippen MR) is 87.6 cm³/mol. The number of nitrogens with zero attached hydrogens (tertiary/aromatic N) is 6. The van der Waals surface area contributed by atoms with Gasteiger partial charge >= 0.3 is 5.69 Å². The van der Waals surface area contributed by atoms with Crippen molar-refractivity contribution in [2.75, 3.05) is 56.4 Å². The number of carbonyl (C=O) groups is 1. The number of hydrogen-bond acceptors (Lipinski definition) is 8. The molecular formula is C14H21N7O3. The molecule has 3 heterocycles. The topological polar surface area (TPSA) is 122 Å². The number of nitro groups is 1. The average molecular weight is 335 g/mol. The summed E-state index contributed by atoms with van der Waals surface area (Å²) < 4.78 is 0. The Bertz CT molecular complexity index is 625. The van der Waals surface area contributed by atoms with Crippen LogP contribution in [0.25, 0.3) is 0 Å². The molecule has 2 saturated heterocycles. The number of carbonyl (C=O) groups excluding carboxylic acids is 1. The molecule has 10 heteroatoms. The molecule has 0 atom stereocenters. The molecule has 2 aliphatic heterocycles. The SMILES string of the molecule is Nc1nc(N2CCN(CC(=O)N3CCCC3)CC2)ncc1[N+](=O)[O-]. The summed E-state index contributed by atoms with van der Waals surface area (Å²) in [5, 5.41) is 10.8. The quantitative estimate of drug-likeness (QED) is 0.588. The zero-order valence-corrected chi connectivity index (χ0v) is 13.4. The van der Waals surface area contributed by atoms with Crippen LogP contribution in [0, 0.1) is 10.1 Å². The molecule has 0 unspecified atom stereocenters. The summed E-state index contributed by atoms with van der Waals surface area (Å²) in [6.07, 6.45) is 3.33. The third-order valence-electron chi connectivity index (χ3n) is 4.45. The van der Waals surface area contributed by atoms with Crippen LogP contribution >= 0.6 is 0 Å². The second kappa shape index (κ2) is 6.95. The van der Waals surface area contributed by atoms with Crippen LogP contribution in [0.5, 0.6) is 0 Å². The Morgan fingerprint density at radius 3 is 2.46 bits per heavy atom. The van der Waals surface area contributed by atoms with Gasteiger partial charge in [0, 0.05) is 39.3 Å². The molecule has 1 aromatic rings. The van der Waals surface area contributed by atoms with Gasteiger partial charge in [-0.3, -0.25) is 19.8 Å². The van der Waals surface area contributed by atoms with Crippen LogP contribution in [-0.4, -0.2) is 76.4 Å². The van der Waals surface area contributed by atoms with Crippen molar-refractivity contribution < 1.29 is 9.72 Å². The molecule has 1 amide bonds. The highest BCUT2D eigenvalue weighted by Crippen LogP contribution is 2.21. The van der Waals surface area contributed by atoms with Gasteiger partial charge in [-0.25, -0.2) is 4.98 Å². The highest BCUT2D eigenvalue weighted by molar-refractivity contribution is 5.78. The van der Waals surface area contributed by atoms with E-state index >= 15 is 0 Å². The fourth-order valence-electron chi connectivity index (χ4n) is 3.04. The Morgan fingerprint density at radius 1 is 1.21 bits per heavy atom. The van der Waals surface area contributed by atoms with E-state index in [1.54, 1.807) is 0 Å². The number of likely N-dealkylation sites (tertiary alicyclic amines) is 1. The molecular weight excluding hydrogens is 314 g/mol. The minimum absolute atomic E-state index is 0.128. The van der Waals surface area contributed by atoms with Gasteiger partial charge in [0.2, 0.25) is 17.7 Å². The zero-order chi connectivity index (χ0) is 17.1. The molecule has 2 aliphatic rings. The monoisotopic (exact) mass is 335 g/mol. The Balaban J connectivity index is 1.54. The van der Waals surface area contributed by atoms with E-state index in [9.17, 15) is 14.9 Å². The van der Waals surface area contributed by atoms with Gasteiger partial charge < -0.3 is 15.5 Å². The molecule has 2 N–H and O–H groups in total. The molecule has 0 bridgehead atoms. The molecule has 1 aromatic heterocycles. The normalized spacial score (nSPS) is 18.8. The van der Waals surface area contributed by atoms with Crippen molar-refractivity contribution in [3.05, 3.63) is 16.3 Å². The Labute approximate surface area is 139 Å². The van der Waals surface area contributed by atoms with Crippen molar-refractivity contribution in [3.63, 3.8) is 0 Å². The highest BCUT2D eigenvalue weighted by atomic mass is 16.6. The van der Waals surface area contributed by atoms with Crippen LogP contribution in [0.4, 0.5) is 17.5 Å². The van der Waals surface area contributed by atoms with E-state index in [0.29, 0.717) is 25.6 Å². The summed E-state index contributed by atoms with van der Waals surface area (Å²) in [5.74, 6) is 0.456. The predicted octanol–water partition coefficient (Wildman–Crippen LogP) is -0.289. The Kier molecular flexibility index (Phi) is 4.74. The van der Waals surface area contributed by atoms with Crippen molar-refractivity contribution in [2.45, 2.75) is 12.8 Å². The first-order valence-electron chi connectivity index (χ1n) is 8.06. The van der Waals surface area contributed by atoms with Gasteiger partial charge in [-0.2, -0.15) is 4.98 Å². The summed E-state index contributed by atoms with van der Waals surface area (Å²) in [5.41, 5.74) is 5.33. The molecule has 2 fully saturated rings. The van der Waals surface area contributed by atoms with Gasteiger partial charge in [-0.15, -0.1) is 0 Å². The van der Waals surface area contributed by atoms with Crippen molar-refractivity contribution in [1.29, 1.82) is 0 Å². The maximum Gasteiger partial charge on any atom is 0.329 e. The van der Waals surface area contributed by atoms with Crippen molar-refractivity contribution in [1.82, 2.24) is 19.8 Å². The molecule has 0 saturated carbocycles. The average Bonchev–Trinajstić information content (AvgIpc) is 3.09. The third-order valence-corrected chi connectivity index (χ3v) is 4.45. The lowest BCUT2D eigenvalue weighted by atomic mass is 10.3.